The predicted molar refractivity (Wildman–Crippen MR) is 114 cm³/mol. The maximum Gasteiger partial charge on any atom is 0.246 e. The molecule has 0 radical (unpaired) electrons. The average Bonchev–Trinajstić information content (AvgIpc) is 2.67. The quantitative estimate of drug-likeness (QED) is 0.761. The summed E-state index contributed by atoms with van der Waals surface area (Å²) in [6, 6.07) is 4.81. The van der Waals surface area contributed by atoms with Gasteiger partial charge in [0.2, 0.25) is 15.9 Å². The van der Waals surface area contributed by atoms with Crippen molar-refractivity contribution in [1.82, 2.24) is 9.21 Å². The molecule has 8 heteroatoms. The number of piperidine rings is 2. The third-order valence-electron chi connectivity index (χ3n) is 5.69. The van der Waals surface area contributed by atoms with Crippen LogP contribution in [0.4, 0.5) is 5.69 Å². The van der Waals surface area contributed by atoms with Gasteiger partial charge in [-0.1, -0.05) is 20.3 Å². The molecule has 2 aliphatic rings. The van der Waals surface area contributed by atoms with E-state index in [0.29, 0.717) is 42.9 Å². The minimum Gasteiger partial charge on any atom is -0.495 e. The van der Waals surface area contributed by atoms with Crippen LogP contribution in [0.3, 0.4) is 0 Å². The number of hydrogen-bond donors (Lipinski definition) is 1. The van der Waals surface area contributed by atoms with E-state index in [2.05, 4.69) is 24.1 Å². The van der Waals surface area contributed by atoms with E-state index in [0.717, 1.165) is 32.4 Å². The van der Waals surface area contributed by atoms with Gasteiger partial charge in [-0.05, 0) is 49.3 Å². The molecule has 0 aliphatic carbocycles. The van der Waals surface area contributed by atoms with Gasteiger partial charge in [-0.3, -0.25) is 9.69 Å². The lowest BCUT2D eigenvalue weighted by atomic mass is 9.92. The number of nitrogens with one attached hydrogen (secondary N) is 1. The molecule has 2 heterocycles. The summed E-state index contributed by atoms with van der Waals surface area (Å²) in [4.78, 5) is 14.8. The van der Waals surface area contributed by atoms with Crippen molar-refractivity contribution < 1.29 is 17.9 Å². The molecule has 0 aromatic heterocycles. The van der Waals surface area contributed by atoms with Gasteiger partial charge in [0.25, 0.3) is 0 Å². The summed E-state index contributed by atoms with van der Waals surface area (Å²) in [6.07, 6.45) is 3.97. The van der Waals surface area contributed by atoms with Crippen molar-refractivity contribution in [3.8, 4) is 5.75 Å². The lowest BCUT2D eigenvalue weighted by molar-refractivity contribution is -0.117. The molecule has 2 fully saturated rings. The molecule has 7 nitrogen and oxygen atoms in total. The lowest BCUT2D eigenvalue weighted by Gasteiger charge is -2.34. The monoisotopic (exact) mass is 423 g/mol. The molecule has 1 N–H and O–H groups in total. The third kappa shape index (κ3) is 5.49. The van der Waals surface area contributed by atoms with Crippen LogP contribution >= 0.6 is 0 Å². The number of benzene rings is 1. The average molecular weight is 424 g/mol. The van der Waals surface area contributed by atoms with Gasteiger partial charge in [-0.25, -0.2) is 8.42 Å². The third-order valence-corrected chi connectivity index (χ3v) is 7.61. The summed E-state index contributed by atoms with van der Waals surface area (Å²) in [5.41, 5.74) is 0.476. The molecule has 2 saturated heterocycles. The smallest absolute Gasteiger partial charge is 0.246 e. The number of methoxy groups -OCH3 is 1. The van der Waals surface area contributed by atoms with E-state index >= 15 is 0 Å². The summed E-state index contributed by atoms with van der Waals surface area (Å²) in [6.45, 7) is 7.60. The van der Waals surface area contributed by atoms with E-state index in [1.807, 2.05) is 0 Å². The Morgan fingerprint density at radius 2 is 1.79 bits per heavy atom. The fourth-order valence-electron chi connectivity index (χ4n) is 4.53. The number of carbonyl (C=O) groups excluding carboxylic acids is 1. The van der Waals surface area contributed by atoms with E-state index in [-0.39, 0.29) is 10.8 Å². The Labute approximate surface area is 174 Å². The zero-order valence-electron chi connectivity index (χ0n) is 17.7. The zero-order valence-corrected chi connectivity index (χ0v) is 18.5. The molecule has 0 saturated carbocycles. The Bertz CT molecular complexity index is 811. The van der Waals surface area contributed by atoms with Gasteiger partial charge in [0, 0.05) is 31.9 Å². The summed E-state index contributed by atoms with van der Waals surface area (Å²) in [5, 5.41) is 2.87. The first kappa shape index (κ1) is 22.1. The van der Waals surface area contributed by atoms with E-state index in [1.54, 1.807) is 12.1 Å². The van der Waals surface area contributed by atoms with Gasteiger partial charge >= 0.3 is 0 Å². The first-order chi connectivity index (χ1) is 13.8. The summed E-state index contributed by atoms with van der Waals surface area (Å²) in [7, 11) is -2.20. The number of hydrogen-bond acceptors (Lipinski definition) is 5. The van der Waals surface area contributed by atoms with Crippen LogP contribution in [-0.2, 0) is 14.8 Å². The van der Waals surface area contributed by atoms with Gasteiger partial charge in [0.05, 0.1) is 13.7 Å². The van der Waals surface area contributed by atoms with Crippen LogP contribution in [0, 0.1) is 11.8 Å². The summed E-state index contributed by atoms with van der Waals surface area (Å²) < 4.78 is 33.0. The van der Waals surface area contributed by atoms with E-state index in [1.165, 1.54) is 23.9 Å². The molecular weight excluding hydrogens is 390 g/mol. The first-order valence-corrected chi connectivity index (χ1v) is 11.9. The summed E-state index contributed by atoms with van der Waals surface area (Å²) in [5.74, 6) is 1.33. The molecule has 162 valence electrons. The van der Waals surface area contributed by atoms with Gasteiger partial charge in [-0.2, -0.15) is 4.31 Å². The zero-order chi connectivity index (χ0) is 21.0. The highest BCUT2D eigenvalue weighted by atomic mass is 32.2. The number of carbonyl (C=O) groups is 1. The largest absolute Gasteiger partial charge is 0.495 e. The molecule has 29 heavy (non-hydrogen) atoms. The Hall–Kier alpha value is -1.64. The number of nitrogens with zero attached hydrogens (tertiary/aromatic N) is 2. The highest BCUT2D eigenvalue weighted by Gasteiger charge is 2.29. The number of rotatable bonds is 6. The van der Waals surface area contributed by atoms with Gasteiger partial charge in [0.15, 0.2) is 0 Å². The SMILES string of the molecule is COc1ccc(NC(=O)CN2CC(C)CC(C)C2)cc1S(=O)(=O)N1CCCCC1. The fraction of sp³-hybridized carbons (Fsp3) is 0.667. The number of ether oxygens (including phenoxy) is 1. The molecule has 2 atom stereocenters. The molecule has 2 unspecified atom stereocenters. The normalized spacial score (nSPS) is 24.2. The van der Waals surface area contributed by atoms with Gasteiger partial charge < -0.3 is 10.1 Å². The summed E-state index contributed by atoms with van der Waals surface area (Å²) >= 11 is 0. The Morgan fingerprint density at radius 3 is 2.41 bits per heavy atom. The fourth-order valence-corrected chi connectivity index (χ4v) is 6.22. The van der Waals surface area contributed by atoms with Crippen LogP contribution in [0.5, 0.6) is 5.75 Å². The molecule has 1 aromatic rings. The van der Waals surface area contributed by atoms with Crippen LogP contribution < -0.4 is 10.1 Å². The van der Waals surface area contributed by atoms with Crippen molar-refractivity contribution in [2.24, 2.45) is 11.8 Å². The topological polar surface area (TPSA) is 79.0 Å². The molecule has 0 spiro atoms. The Kier molecular flexibility index (Phi) is 7.19. The lowest BCUT2D eigenvalue weighted by Crippen LogP contribution is -2.42. The first-order valence-electron chi connectivity index (χ1n) is 10.5. The minimum absolute atomic E-state index is 0.111. The predicted octanol–water partition coefficient (Wildman–Crippen LogP) is 2.79. The molecule has 0 bridgehead atoms. The second-order valence-electron chi connectivity index (χ2n) is 8.52. The van der Waals surface area contributed by atoms with Crippen molar-refractivity contribution in [3.05, 3.63) is 18.2 Å². The number of amides is 1. The van der Waals surface area contributed by atoms with Crippen molar-refractivity contribution >= 4 is 21.6 Å². The maximum absolute atomic E-state index is 13.1. The van der Waals surface area contributed by atoms with Crippen molar-refractivity contribution in [1.29, 1.82) is 0 Å². The Morgan fingerprint density at radius 1 is 1.14 bits per heavy atom. The Balaban J connectivity index is 1.73. The van der Waals surface area contributed by atoms with Crippen molar-refractivity contribution in [3.63, 3.8) is 0 Å². The number of anilines is 1. The van der Waals surface area contributed by atoms with E-state index in [9.17, 15) is 13.2 Å². The minimum atomic E-state index is -3.66. The molecular formula is C21H33N3O4S. The molecule has 2 aliphatic heterocycles. The number of sulfonamides is 1. The van der Waals surface area contributed by atoms with Crippen molar-refractivity contribution in [2.75, 3.05) is 45.2 Å². The standard InChI is InChI=1S/C21H33N3O4S/c1-16-11-17(2)14-23(13-16)15-21(25)22-18-7-8-19(28-3)20(12-18)29(26,27)24-9-5-4-6-10-24/h7-8,12,16-17H,4-6,9-11,13-15H2,1-3H3,(H,22,25). The van der Waals surface area contributed by atoms with Crippen LogP contribution in [0.1, 0.15) is 39.5 Å². The molecule has 1 amide bonds. The number of likely N-dealkylation sites (tertiary alicyclic amines) is 1. The second-order valence-corrected chi connectivity index (χ2v) is 10.4. The highest BCUT2D eigenvalue weighted by molar-refractivity contribution is 7.89. The second kappa shape index (κ2) is 9.45. The van der Waals surface area contributed by atoms with Gasteiger partial charge in [-0.15, -0.1) is 0 Å². The molecule has 3 rings (SSSR count). The maximum atomic E-state index is 13.1. The van der Waals surface area contributed by atoms with Crippen LogP contribution in [0.15, 0.2) is 23.1 Å². The van der Waals surface area contributed by atoms with Crippen LogP contribution in [0.25, 0.3) is 0 Å². The van der Waals surface area contributed by atoms with E-state index in [4.69, 9.17) is 4.74 Å². The van der Waals surface area contributed by atoms with Crippen molar-refractivity contribution in [2.45, 2.75) is 44.4 Å². The van der Waals surface area contributed by atoms with E-state index < -0.39 is 10.0 Å². The van der Waals surface area contributed by atoms with Gasteiger partial charge in [0.1, 0.15) is 10.6 Å². The van der Waals surface area contributed by atoms with Crippen LogP contribution in [0.2, 0.25) is 0 Å². The molecule has 1 aromatic carbocycles. The highest BCUT2D eigenvalue weighted by Crippen LogP contribution is 2.31. The van der Waals surface area contributed by atoms with Crippen LogP contribution in [-0.4, -0.2) is 63.4 Å².